The first-order valence-corrected chi connectivity index (χ1v) is 17.0. The van der Waals surface area contributed by atoms with Crippen molar-refractivity contribution >= 4 is 69.4 Å². The number of nitrogen functional groups attached to an aromatic ring is 1. The first-order chi connectivity index (χ1) is 24.4. The zero-order valence-electron chi connectivity index (χ0n) is 26.8. The van der Waals surface area contributed by atoms with Gasteiger partial charge in [-0.3, -0.25) is 24.2 Å². The van der Waals surface area contributed by atoms with Gasteiger partial charge in [0, 0.05) is 35.8 Å². The number of carboxylic acid groups (broad SMARTS) is 1. The molecule has 3 aliphatic rings. The van der Waals surface area contributed by atoms with Crippen LogP contribution in [0.1, 0.15) is 12.6 Å². The van der Waals surface area contributed by atoms with E-state index in [-0.39, 0.29) is 70.3 Å². The molecule has 3 aliphatic heterocycles. The van der Waals surface area contributed by atoms with Gasteiger partial charge in [-0.05, 0) is 17.7 Å². The Balaban J connectivity index is 1.15. The number of β-lactam (4-membered cyclic amide) rings is 1. The van der Waals surface area contributed by atoms with Gasteiger partial charge in [0.15, 0.2) is 29.8 Å². The van der Waals surface area contributed by atoms with Gasteiger partial charge in [0.05, 0.1) is 24.3 Å². The van der Waals surface area contributed by atoms with E-state index in [4.69, 9.17) is 15.3 Å². The molecule has 266 valence electrons. The molecule has 2 saturated heterocycles. The third kappa shape index (κ3) is 7.04. The van der Waals surface area contributed by atoms with E-state index in [2.05, 4.69) is 20.8 Å². The van der Waals surface area contributed by atoms with E-state index >= 15 is 8.78 Å². The number of pyridine rings is 1. The number of oxime groups is 1. The van der Waals surface area contributed by atoms with Crippen molar-refractivity contribution in [2.45, 2.75) is 31.0 Å². The smallest absolute Gasteiger partial charge is 0.414 e. The van der Waals surface area contributed by atoms with Crippen molar-refractivity contribution in [3.63, 3.8) is 0 Å². The van der Waals surface area contributed by atoms with Crippen molar-refractivity contribution < 1.29 is 52.0 Å². The minimum absolute atomic E-state index is 0.0123. The highest BCUT2D eigenvalue weighted by molar-refractivity contribution is 8.00. The Labute approximate surface area is 295 Å². The maximum atomic E-state index is 15.3. The molecule has 0 saturated carbocycles. The van der Waals surface area contributed by atoms with Crippen LogP contribution in [-0.2, 0) is 35.3 Å². The minimum atomic E-state index is -1.34. The second-order valence-electron chi connectivity index (χ2n) is 11.4. The van der Waals surface area contributed by atoms with E-state index in [1.54, 1.807) is 4.57 Å². The summed E-state index contributed by atoms with van der Waals surface area (Å²) in [7, 11) is 1.24. The lowest BCUT2D eigenvalue weighted by Crippen LogP contribution is -2.71. The molecule has 51 heavy (non-hydrogen) atoms. The number of halogens is 2. The van der Waals surface area contributed by atoms with Gasteiger partial charge in [-0.1, -0.05) is 5.16 Å². The average molecular weight is 744 g/mol. The fourth-order valence-electron chi connectivity index (χ4n) is 5.74. The highest BCUT2D eigenvalue weighted by atomic mass is 32.2. The first-order valence-electron chi connectivity index (χ1n) is 15.1. The number of rotatable bonds is 11. The first kappa shape index (κ1) is 35.2. The number of benzene rings is 1. The lowest BCUT2D eigenvalue weighted by molar-refractivity contribution is -0.689. The van der Waals surface area contributed by atoms with Crippen molar-refractivity contribution in [2.24, 2.45) is 5.16 Å². The van der Waals surface area contributed by atoms with Crippen LogP contribution in [0.5, 0.6) is 0 Å². The molecule has 3 atom stereocenters. The number of aliphatic carboxylic acids is 1. The molecular formula is C31H29F2N8O8S2+. The zero-order valence-corrected chi connectivity index (χ0v) is 28.4. The Kier molecular flexibility index (Phi) is 9.88. The van der Waals surface area contributed by atoms with Crippen molar-refractivity contribution in [1.29, 1.82) is 0 Å². The van der Waals surface area contributed by atoms with Crippen molar-refractivity contribution in [2.75, 3.05) is 36.6 Å². The molecule has 0 spiro atoms. The molecule has 2 aromatic heterocycles. The van der Waals surface area contributed by atoms with Crippen LogP contribution in [0.4, 0.5) is 24.4 Å². The Morgan fingerprint density at radius 1 is 1.22 bits per heavy atom. The fraction of sp³-hybridized carbons (Fsp3) is 0.290. The molecule has 4 amide bonds. The largest absolute Gasteiger partial charge is 0.477 e. The van der Waals surface area contributed by atoms with Crippen LogP contribution in [0.2, 0.25) is 0 Å². The summed E-state index contributed by atoms with van der Waals surface area (Å²) in [6.45, 7) is 1.39. The number of hydrogen-bond acceptors (Lipinski definition) is 12. The van der Waals surface area contributed by atoms with Crippen molar-refractivity contribution in [3.05, 3.63) is 70.6 Å². The Hall–Kier alpha value is -5.63. The van der Waals surface area contributed by atoms with Crippen LogP contribution in [0.25, 0.3) is 11.1 Å². The standard InChI is InChI=1S/C31H28F2N8O8S2/c1-14(42)35-9-18-11-40(31(47)49-18)17-7-19(32)22(20(33)8-17)15-3-5-39(6-4-15)10-16-12-50-28-24(27(44)41(28)25(16)29(45)46)37-26(43)23(38-48-2)21-13-51-30(34)36-21/h3-8,13,18,24,28H,9-12H2,1-2H3,(H4-,34,35,36,37,42,43,45,46)/p+1/b38-23-/t18-,24+,28?/m0/s1. The summed E-state index contributed by atoms with van der Waals surface area (Å²) in [6, 6.07) is 3.89. The summed E-state index contributed by atoms with van der Waals surface area (Å²) in [4.78, 5) is 73.1. The van der Waals surface area contributed by atoms with Crippen LogP contribution in [-0.4, -0.2) is 94.0 Å². The number of thioether (sulfide) groups is 1. The van der Waals surface area contributed by atoms with Gasteiger partial charge in [-0.25, -0.2) is 27.9 Å². The van der Waals surface area contributed by atoms with Crippen LogP contribution in [0.15, 0.2) is 58.5 Å². The summed E-state index contributed by atoms with van der Waals surface area (Å²) >= 11 is 2.34. The number of nitrogens with zero attached hydrogens (tertiary/aromatic N) is 5. The highest BCUT2D eigenvalue weighted by Crippen LogP contribution is 2.40. The summed E-state index contributed by atoms with van der Waals surface area (Å²) in [5.74, 6) is -4.69. The maximum Gasteiger partial charge on any atom is 0.414 e. The van der Waals surface area contributed by atoms with Crippen LogP contribution in [0.3, 0.4) is 0 Å². The number of carboxylic acids is 1. The average Bonchev–Trinajstić information content (AvgIpc) is 3.69. The van der Waals surface area contributed by atoms with E-state index in [0.29, 0.717) is 5.57 Å². The number of aromatic nitrogens is 2. The van der Waals surface area contributed by atoms with Crippen LogP contribution >= 0.6 is 23.1 Å². The van der Waals surface area contributed by atoms with E-state index < -0.39 is 53.0 Å². The molecular weight excluding hydrogens is 715 g/mol. The predicted molar refractivity (Wildman–Crippen MR) is 178 cm³/mol. The minimum Gasteiger partial charge on any atom is -0.477 e. The summed E-state index contributed by atoms with van der Waals surface area (Å²) in [5.41, 5.74) is 5.58. The quantitative estimate of drug-likeness (QED) is 0.0950. The second kappa shape index (κ2) is 14.3. The van der Waals surface area contributed by atoms with E-state index in [0.717, 1.165) is 33.3 Å². The number of thiazole rings is 1. The van der Waals surface area contributed by atoms with Gasteiger partial charge in [-0.2, -0.15) is 0 Å². The number of carbonyl (C=O) groups is 5. The van der Waals surface area contributed by atoms with Crippen molar-refractivity contribution in [3.8, 4) is 11.1 Å². The number of hydrogen-bond donors (Lipinski definition) is 4. The molecule has 1 aromatic carbocycles. The van der Waals surface area contributed by atoms with E-state index in [9.17, 15) is 29.1 Å². The number of ether oxygens (including phenoxy) is 1. The molecule has 2 fully saturated rings. The van der Waals surface area contributed by atoms with E-state index in [1.807, 2.05) is 0 Å². The van der Waals surface area contributed by atoms with Gasteiger partial charge < -0.3 is 31.0 Å². The molecule has 0 radical (unpaired) electrons. The molecule has 20 heteroatoms. The number of nitrogens with two attached hydrogens (primary N) is 1. The highest BCUT2D eigenvalue weighted by Gasteiger charge is 2.55. The molecule has 0 aliphatic carbocycles. The van der Waals surface area contributed by atoms with Gasteiger partial charge in [0.2, 0.25) is 5.91 Å². The van der Waals surface area contributed by atoms with Crippen molar-refractivity contribution in [1.82, 2.24) is 20.5 Å². The number of cyclic esters (lactones) is 1. The van der Waals surface area contributed by atoms with Gasteiger partial charge in [0.1, 0.15) is 47.7 Å². The van der Waals surface area contributed by atoms with Gasteiger partial charge in [0.25, 0.3) is 11.8 Å². The lowest BCUT2D eigenvalue weighted by atomic mass is 10.0. The summed E-state index contributed by atoms with van der Waals surface area (Å²) < 4.78 is 37.4. The molecule has 6 rings (SSSR count). The molecule has 16 nitrogen and oxygen atoms in total. The molecule has 1 unspecified atom stereocenters. The summed E-state index contributed by atoms with van der Waals surface area (Å²) in [6.07, 6.45) is 1.54. The Morgan fingerprint density at radius 2 is 1.92 bits per heavy atom. The third-order valence-corrected chi connectivity index (χ3v) is 10.1. The van der Waals surface area contributed by atoms with Gasteiger partial charge >= 0.3 is 12.1 Å². The Bertz CT molecular complexity index is 1980. The zero-order chi connectivity index (χ0) is 36.6. The molecule has 5 heterocycles. The maximum absolute atomic E-state index is 15.3. The molecule has 0 bridgehead atoms. The number of nitrogens with one attached hydrogen (secondary N) is 2. The number of anilines is 2. The normalized spacial score (nSPS) is 20.1. The SMILES string of the molecule is CO/N=C(\C(=O)N[C@@H]1C(=O)N2C(C(=O)O)=C(C[n+]3ccc(-c4c(F)cc(N5C[C@H](CNC(C)=O)OC5=O)cc4F)cc3)CSC12)c1csc(N)n1. The third-order valence-electron chi connectivity index (χ3n) is 8.04. The predicted octanol–water partition coefficient (Wildman–Crippen LogP) is 1.21. The molecule has 5 N–H and O–H groups in total. The number of amides is 4. The summed E-state index contributed by atoms with van der Waals surface area (Å²) in [5, 5.41) is 19.9. The number of carbonyl (C=O) groups excluding carboxylic acids is 4. The lowest BCUT2D eigenvalue weighted by Gasteiger charge is -2.49. The monoisotopic (exact) mass is 743 g/mol. The number of fused-ring (bicyclic) bond motifs is 1. The Morgan fingerprint density at radius 3 is 2.53 bits per heavy atom. The fourth-order valence-corrected chi connectivity index (χ4v) is 7.63. The van der Waals surface area contributed by atoms with Crippen LogP contribution < -0.4 is 25.8 Å². The molecule has 3 aromatic rings. The van der Waals surface area contributed by atoms with E-state index in [1.165, 1.54) is 55.7 Å². The van der Waals surface area contributed by atoms with Crippen LogP contribution in [0, 0.1) is 11.6 Å². The topological polar surface area (TPSA) is 210 Å². The van der Waals surface area contributed by atoms with Gasteiger partial charge in [-0.15, -0.1) is 23.1 Å². The second-order valence-corrected chi connectivity index (χ2v) is 13.4.